The summed E-state index contributed by atoms with van der Waals surface area (Å²) in [5, 5.41) is 8.85. The van der Waals surface area contributed by atoms with E-state index in [0.29, 0.717) is 11.3 Å². The third-order valence-corrected chi connectivity index (χ3v) is 4.74. The van der Waals surface area contributed by atoms with Gasteiger partial charge in [0.15, 0.2) is 5.65 Å². The second kappa shape index (κ2) is 6.08. The molecule has 0 radical (unpaired) electrons. The van der Waals surface area contributed by atoms with E-state index in [9.17, 15) is 13.2 Å². The molecular weight excluding hydrogens is 371 g/mol. The summed E-state index contributed by atoms with van der Waals surface area (Å²) in [7, 11) is 0. The molecule has 0 N–H and O–H groups in total. The number of fused-ring (bicyclic) bond motifs is 2. The quantitative estimate of drug-likeness (QED) is 0.533. The molecule has 142 valence electrons. The molecule has 0 fully saturated rings. The van der Waals surface area contributed by atoms with Gasteiger partial charge in [-0.25, -0.2) is 9.50 Å². The number of benzene rings is 1. The highest BCUT2D eigenvalue weighted by Gasteiger charge is 2.31. The summed E-state index contributed by atoms with van der Waals surface area (Å²) in [4.78, 5) is 4.15. The maximum absolute atomic E-state index is 12.6. The lowest BCUT2D eigenvalue weighted by Gasteiger charge is -2.10. The molecule has 1 aliphatic rings. The van der Waals surface area contributed by atoms with Crippen molar-refractivity contribution in [2.24, 2.45) is 0 Å². The fraction of sp³-hybridized carbons (Fsp3) is 0.211. The normalized spacial score (nSPS) is 13.8. The van der Waals surface area contributed by atoms with Crippen LogP contribution in [0.4, 0.5) is 13.2 Å². The number of alkyl halides is 3. The van der Waals surface area contributed by atoms with Gasteiger partial charge in [0.2, 0.25) is 0 Å². The zero-order valence-corrected chi connectivity index (χ0v) is 14.5. The first kappa shape index (κ1) is 16.8. The van der Waals surface area contributed by atoms with Gasteiger partial charge >= 0.3 is 6.36 Å². The smallest absolute Gasteiger partial charge is 0.406 e. The average Bonchev–Trinajstić information content (AvgIpc) is 3.35. The van der Waals surface area contributed by atoms with Crippen LogP contribution in [0.2, 0.25) is 0 Å². The number of rotatable bonds is 3. The first-order chi connectivity index (χ1) is 13.5. The van der Waals surface area contributed by atoms with E-state index in [-0.39, 0.29) is 5.75 Å². The van der Waals surface area contributed by atoms with Crippen molar-refractivity contribution < 1.29 is 17.9 Å². The van der Waals surface area contributed by atoms with Crippen LogP contribution in [0.5, 0.6) is 5.75 Å². The largest absolute Gasteiger partial charge is 0.573 e. The van der Waals surface area contributed by atoms with Crippen LogP contribution >= 0.6 is 0 Å². The van der Waals surface area contributed by atoms with Crippen LogP contribution in [-0.2, 0) is 13.0 Å². The van der Waals surface area contributed by atoms with Gasteiger partial charge in [0.05, 0.1) is 0 Å². The Morgan fingerprint density at radius 1 is 1.07 bits per heavy atom. The molecular formula is C19H14F3N5O. The molecule has 4 heterocycles. The van der Waals surface area contributed by atoms with Crippen LogP contribution in [0.3, 0.4) is 0 Å². The number of aryl methyl sites for hydroxylation is 1. The zero-order valence-electron chi connectivity index (χ0n) is 14.5. The minimum absolute atomic E-state index is 0.268. The maximum Gasteiger partial charge on any atom is 0.573 e. The van der Waals surface area contributed by atoms with Gasteiger partial charge in [-0.1, -0.05) is 12.1 Å². The van der Waals surface area contributed by atoms with Crippen molar-refractivity contribution in [2.45, 2.75) is 25.7 Å². The number of aromatic nitrogens is 5. The highest BCUT2D eigenvalue weighted by molar-refractivity contribution is 5.83. The third-order valence-electron chi connectivity index (χ3n) is 4.74. The van der Waals surface area contributed by atoms with E-state index in [2.05, 4.69) is 19.9 Å². The summed E-state index contributed by atoms with van der Waals surface area (Å²) >= 11 is 0. The molecule has 0 unspecified atom stereocenters. The van der Waals surface area contributed by atoms with Crippen LogP contribution in [0.15, 0.2) is 48.9 Å². The molecule has 0 atom stereocenters. The van der Waals surface area contributed by atoms with Gasteiger partial charge in [-0.2, -0.15) is 10.2 Å². The highest BCUT2D eigenvalue weighted by atomic mass is 19.4. The molecule has 4 aromatic rings. The Morgan fingerprint density at radius 3 is 2.82 bits per heavy atom. The predicted octanol–water partition coefficient (Wildman–Crippen LogP) is 4.10. The summed E-state index contributed by atoms with van der Waals surface area (Å²) in [6, 6.07) is 9.70. The second-order valence-corrected chi connectivity index (χ2v) is 6.55. The summed E-state index contributed by atoms with van der Waals surface area (Å²) in [5.74, 6) is -0.268. The Morgan fingerprint density at radius 2 is 1.96 bits per heavy atom. The number of nitrogens with zero attached hydrogens (tertiary/aromatic N) is 5. The molecule has 1 aliphatic heterocycles. The van der Waals surface area contributed by atoms with Gasteiger partial charge < -0.3 is 4.74 Å². The second-order valence-electron chi connectivity index (χ2n) is 6.55. The number of ether oxygens (including phenoxy) is 1. The van der Waals surface area contributed by atoms with Crippen molar-refractivity contribution >= 4 is 5.65 Å². The molecule has 0 saturated carbocycles. The fourth-order valence-corrected chi connectivity index (χ4v) is 3.64. The molecule has 0 spiro atoms. The predicted molar refractivity (Wildman–Crippen MR) is 94.6 cm³/mol. The number of halogens is 3. The van der Waals surface area contributed by atoms with Crippen LogP contribution in [0, 0.1) is 0 Å². The van der Waals surface area contributed by atoms with Crippen molar-refractivity contribution in [2.75, 3.05) is 0 Å². The van der Waals surface area contributed by atoms with Gasteiger partial charge in [-0.05, 0) is 37.1 Å². The summed E-state index contributed by atoms with van der Waals surface area (Å²) < 4.78 is 45.5. The third kappa shape index (κ3) is 2.88. The first-order valence-electron chi connectivity index (χ1n) is 8.73. The van der Waals surface area contributed by atoms with Gasteiger partial charge in [0.1, 0.15) is 17.8 Å². The fourth-order valence-electron chi connectivity index (χ4n) is 3.64. The minimum atomic E-state index is -4.74. The lowest BCUT2D eigenvalue weighted by molar-refractivity contribution is -0.274. The van der Waals surface area contributed by atoms with Gasteiger partial charge in [0.25, 0.3) is 0 Å². The van der Waals surface area contributed by atoms with Crippen molar-refractivity contribution in [3.05, 3.63) is 54.6 Å². The molecule has 3 aromatic heterocycles. The summed E-state index contributed by atoms with van der Waals surface area (Å²) in [5.41, 5.74) is 4.77. The molecule has 1 aromatic carbocycles. The molecule has 5 rings (SSSR count). The Kier molecular flexibility index (Phi) is 3.65. The van der Waals surface area contributed by atoms with Gasteiger partial charge in [-0.3, -0.25) is 4.68 Å². The Hall–Kier alpha value is -3.36. The first-order valence-corrected chi connectivity index (χ1v) is 8.73. The molecule has 0 aliphatic carbocycles. The van der Waals surface area contributed by atoms with Gasteiger partial charge in [-0.15, -0.1) is 13.2 Å². The molecule has 28 heavy (non-hydrogen) atoms. The van der Waals surface area contributed by atoms with Crippen LogP contribution in [0.1, 0.15) is 12.1 Å². The van der Waals surface area contributed by atoms with E-state index in [4.69, 9.17) is 0 Å². The van der Waals surface area contributed by atoms with Crippen molar-refractivity contribution in [1.29, 1.82) is 0 Å². The molecule has 0 bridgehead atoms. The SMILES string of the molecule is FC(F)(F)Oc1cccc(-c2nn3c(c2-c2ccc4ncnn4c2)CCC3)c1. The topological polar surface area (TPSA) is 57.2 Å². The highest BCUT2D eigenvalue weighted by Crippen LogP contribution is 2.38. The summed E-state index contributed by atoms with van der Waals surface area (Å²) in [6.07, 6.45) is 0.433. The van der Waals surface area contributed by atoms with E-state index in [1.165, 1.54) is 24.5 Å². The Labute approximate surface area is 157 Å². The van der Waals surface area contributed by atoms with E-state index >= 15 is 0 Å². The number of pyridine rings is 1. The number of hydrogen-bond acceptors (Lipinski definition) is 4. The van der Waals surface area contributed by atoms with Crippen LogP contribution in [-0.4, -0.2) is 30.7 Å². The lowest BCUT2D eigenvalue weighted by Crippen LogP contribution is -2.17. The van der Waals surface area contributed by atoms with Crippen molar-refractivity contribution in [3.8, 4) is 28.1 Å². The Balaban J connectivity index is 1.66. The van der Waals surface area contributed by atoms with E-state index in [1.54, 1.807) is 10.6 Å². The van der Waals surface area contributed by atoms with E-state index in [1.807, 2.05) is 23.0 Å². The molecule has 6 nitrogen and oxygen atoms in total. The monoisotopic (exact) mass is 385 g/mol. The lowest BCUT2D eigenvalue weighted by atomic mass is 9.99. The number of hydrogen-bond donors (Lipinski definition) is 0. The van der Waals surface area contributed by atoms with Crippen molar-refractivity contribution in [1.82, 2.24) is 24.4 Å². The average molecular weight is 385 g/mol. The van der Waals surface area contributed by atoms with E-state index in [0.717, 1.165) is 41.9 Å². The van der Waals surface area contributed by atoms with Crippen LogP contribution < -0.4 is 4.74 Å². The molecule has 9 heteroatoms. The zero-order chi connectivity index (χ0) is 19.3. The Bertz CT molecular complexity index is 1180. The molecule has 0 amide bonds. The van der Waals surface area contributed by atoms with E-state index < -0.39 is 6.36 Å². The van der Waals surface area contributed by atoms with Crippen LogP contribution in [0.25, 0.3) is 28.0 Å². The maximum atomic E-state index is 12.6. The minimum Gasteiger partial charge on any atom is -0.406 e. The summed E-state index contributed by atoms with van der Waals surface area (Å²) in [6.45, 7) is 0.784. The van der Waals surface area contributed by atoms with Gasteiger partial charge in [0, 0.05) is 35.1 Å². The molecule has 0 saturated heterocycles. The van der Waals surface area contributed by atoms with Crippen molar-refractivity contribution in [3.63, 3.8) is 0 Å². The standard InChI is InChI=1S/C19H14F3N5O/c20-19(21,22)28-14-4-1-3-12(9-14)18-17(15-5-2-8-26(15)25-18)13-6-7-16-23-11-24-27(16)10-13/h1,3-4,6-7,9-11H,2,5,8H2.